The van der Waals surface area contributed by atoms with Crippen molar-refractivity contribution < 1.29 is 18.0 Å². The number of amides is 1. The molecule has 1 aliphatic carbocycles. The topological polar surface area (TPSA) is 87.7 Å². The van der Waals surface area contributed by atoms with Gasteiger partial charge in [-0.15, -0.1) is 16.8 Å². The Morgan fingerprint density at radius 3 is 2.52 bits per heavy atom. The average molecular weight is 522 g/mol. The maximum atomic E-state index is 13.7. The molecule has 7 nitrogen and oxygen atoms in total. The molecular formula is C21H20BrN3O4S2. The standard InChI is InChI=1S/C21H20BrN3O4S2/c22-18-16-3-1-2-4-17(16)30-20(18)25(12-11-13-5-6-13)31(27,28)15-9-7-14(8-10-15)19-23-21(26)29-24-19/h1-4,7-10,13,19,24H,5-6,11-12H2,(H,23,26). The zero-order valence-corrected chi connectivity index (χ0v) is 19.6. The molecule has 5 rings (SSSR count). The molecule has 2 heterocycles. The van der Waals surface area contributed by atoms with E-state index in [0.29, 0.717) is 23.0 Å². The first-order valence-electron chi connectivity index (χ1n) is 9.96. The molecule has 2 aromatic carbocycles. The number of nitrogens with one attached hydrogen (secondary N) is 2. The molecule has 3 aromatic rings. The molecule has 0 radical (unpaired) electrons. The quantitative estimate of drug-likeness (QED) is 0.461. The molecule has 1 saturated heterocycles. The van der Waals surface area contributed by atoms with Crippen LogP contribution in [0.1, 0.15) is 31.0 Å². The van der Waals surface area contributed by atoms with Crippen LogP contribution in [0.3, 0.4) is 0 Å². The zero-order valence-electron chi connectivity index (χ0n) is 16.4. The van der Waals surface area contributed by atoms with Crippen molar-refractivity contribution in [3.05, 3.63) is 58.6 Å². The monoisotopic (exact) mass is 521 g/mol. The molecule has 1 saturated carbocycles. The third-order valence-corrected chi connectivity index (χ3v) is 9.70. The molecule has 1 aliphatic heterocycles. The van der Waals surface area contributed by atoms with Gasteiger partial charge in [0.1, 0.15) is 11.2 Å². The van der Waals surface area contributed by atoms with Gasteiger partial charge in [-0.05, 0) is 52.0 Å². The van der Waals surface area contributed by atoms with Crippen LogP contribution in [0, 0.1) is 5.92 Å². The Morgan fingerprint density at radius 1 is 1.13 bits per heavy atom. The summed E-state index contributed by atoms with van der Waals surface area (Å²) in [6, 6.07) is 14.4. The lowest BCUT2D eigenvalue weighted by Gasteiger charge is -2.24. The summed E-state index contributed by atoms with van der Waals surface area (Å²) in [5, 5.41) is 4.31. The molecule has 1 amide bonds. The van der Waals surface area contributed by atoms with Crippen molar-refractivity contribution in [2.45, 2.75) is 30.3 Å². The number of nitrogens with zero attached hydrogens (tertiary/aromatic N) is 1. The number of hydroxylamine groups is 1. The van der Waals surface area contributed by atoms with Gasteiger partial charge in [-0.25, -0.2) is 13.2 Å². The molecular weight excluding hydrogens is 502 g/mol. The third-order valence-electron chi connectivity index (χ3n) is 5.51. The summed E-state index contributed by atoms with van der Waals surface area (Å²) in [7, 11) is -3.77. The van der Waals surface area contributed by atoms with E-state index in [1.165, 1.54) is 28.5 Å². The molecule has 1 unspecified atom stereocenters. The number of thiophene rings is 1. The van der Waals surface area contributed by atoms with Crippen LogP contribution in [0.2, 0.25) is 0 Å². The smallest absolute Gasteiger partial charge is 0.351 e. The molecule has 0 spiro atoms. The minimum Gasteiger partial charge on any atom is -0.351 e. The van der Waals surface area contributed by atoms with E-state index in [1.54, 1.807) is 24.3 Å². The molecule has 0 bridgehead atoms. The second kappa shape index (κ2) is 8.09. The van der Waals surface area contributed by atoms with Crippen molar-refractivity contribution in [2.24, 2.45) is 5.92 Å². The predicted octanol–water partition coefficient (Wildman–Crippen LogP) is 4.90. The Balaban J connectivity index is 1.50. The van der Waals surface area contributed by atoms with E-state index in [1.807, 2.05) is 24.3 Å². The molecule has 10 heteroatoms. The first kappa shape index (κ1) is 20.7. The third kappa shape index (κ3) is 4.05. The van der Waals surface area contributed by atoms with E-state index in [2.05, 4.69) is 31.6 Å². The van der Waals surface area contributed by atoms with Crippen LogP contribution in [-0.4, -0.2) is 21.1 Å². The second-order valence-corrected chi connectivity index (χ2v) is 11.4. The van der Waals surface area contributed by atoms with Crippen LogP contribution in [-0.2, 0) is 14.9 Å². The number of halogens is 1. The number of carbonyl (C=O) groups excluding carboxylic acids is 1. The van der Waals surface area contributed by atoms with E-state index in [0.717, 1.165) is 21.0 Å². The molecule has 1 aromatic heterocycles. The lowest BCUT2D eigenvalue weighted by atomic mass is 10.2. The first-order chi connectivity index (χ1) is 14.9. The van der Waals surface area contributed by atoms with Crippen molar-refractivity contribution in [1.82, 2.24) is 10.8 Å². The van der Waals surface area contributed by atoms with Gasteiger partial charge in [0.15, 0.2) is 0 Å². The van der Waals surface area contributed by atoms with Crippen molar-refractivity contribution in [3.8, 4) is 0 Å². The molecule has 1 atom stereocenters. The number of hydrogen-bond donors (Lipinski definition) is 2. The summed E-state index contributed by atoms with van der Waals surface area (Å²) in [6.45, 7) is 0.439. The van der Waals surface area contributed by atoms with Crippen LogP contribution >= 0.6 is 27.3 Å². The number of rotatable bonds is 7. The van der Waals surface area contributed by atoms with Gasteiger partial charge in [0.25, 0.3) is 10.0 Å². The maximum Gasteiger partial charge on any atom is 0.427 e. The summed E-state index contributed by atoms with van der Waals surface area (Å²) in [4.78, 5) is 16.1. The fourth-order valence-corrected chi connectivity index (χ4v) is 7.47. The molecule has 2 fully saturated rings. The van der Waals surface area contributed by atoms with Crippen LogP contribution in [0.25, 0.3) is 10.1 Å². The van der Waals surface area contributed by atoms with Gasteiger partial charge in [0, 0.05) is 16.6 Å². The summed E-state index contributed by atoms with van der Waals surface area (Å²) in [6.07, 6.45) is 2.10. The van der Waals surface area contributed by atoms with E-state index in [4.69, 9.17) is 0 Å². The van der Waals surface area contributed by atoms with Crippen molar-refractivity contribution in [1.29, 1.82) is 0 Å². The fourth-order valence-electron chi connectivity index (χ4n) is 3.60. The van der Waals surface area contributed by atoms with Gasteiger partial charge in [-0.3, -0.25) is 9.62 Å². The lowest BCUT2D eigenvalue weighted by molar-refractivity contribution is 0.121. The molecule has 162 valence electrons. The largest absolute Gasteiger partial charge is 0.427 e. The van der Waals surface area contributed by atoms with Crippen LogP contribution in [0.5, 0.6) is 0 Å². The normalized spacial score (nSPS) is 18.7. The Bertz CT molecular complexity index is 1240. The summed E-state index contributed by atoms with van der Waals surface area (Å²) >= 11 is 5.12. The predicted molar refractivity (Wildman–Crippen MR) is 123 cm³/mol. The van der Waals surface area contributed by atoms with Gasteiger partial charge in [-0.1, -0.05) is 43.2 Å². The number of fused-ring (bicyclic) bond motifs is 1. The number of carbonyl (C=O) groups is 1. The van der Waals surface area contributed by atoms with E-state index < -0.39 is 22.3 Å². The lowest BCUT2D eigenvalue weighted by Crippen LogP contribution is -2.32. The van der Waals surface area contributed by atoms with Gasteiger partial charge < -0.3 is 4.84 Å². The molecule has 31 heavy (non-hydrogen) atoms. The Kier molecular flexibility index (Phi) is 5.41. The van der Waals surface area contributed by atoms with E-state index in [9.17, 15) is 13.2 Å². The fraction of sp³-hybridized carbons (Fsp3) is 0.286. The van der Waals surface area contributed by atoms with Crippen molar-refractivity contribution >= 4 is 58.5 Å². The minimum absolute atomic E-state index is 0.210. The highest BCUT2D eigenvalue weighted by Crippen LogP contribution is 2.44. The van der Waals surface area contributed by atoms with Crippen molar-refractivity contribution in [3.63, 3.8) is 0 Å². The summed E-state index contributed by atoms with van der Waals surface area (Å²) in [5.41, 5.74) is 3.27. The Morgan fingerprint density at radius 2 is 1.87 bits per heavy atom. The second-order valence-electron chi connectivity index (χ2n) is 7.68. The summed E-state index contributed by atoms with van der Waals surface area (Å²) in [5.74, 6) is 0.602. The molecule has 2 N–H and O–H groups in total. The van der Waals surface area contributed by atoms with Gasteiger partial charge in [0.05, 0.1) is 9.37 Å². The Labute approximate surface area is 192 Å². The minimum atomic E-state index is -3.77. The highest BCUT2D eigenvalue weighted by atomic mass is 79.9. The highest BCUT2D eigenvalue weighted by molar-refractivity contribution is 9.10. The average Bonchev–Trinajstić information content (AvgIpc) is 3.41. The van der Waals surface area contributed by atoms with Gasteiger partial charge >= 0.3 is 6.09 Å². The highest BCUT2D eigenvalue weighted by Gasteiger charge is 2.32. The van der Waals surface area contributed by atoms with Crippen LogP contribution < -0.4 is 15.1 Å². The van der Waals surface area contributed by atoms with Crippen LogP contribution in [0.15, 0.2) is 57.9 Å². The summed E-state index contributed by atoms with van der Waals surface area (Å²) < 4.78 is 30.7. The number of benzene rings is 2. The number of sulfonamides is 1. The van der Waals surface area contributed by atoms with Gasteiger partial charge in [-0.2, -0.15) is 0 Å². The van der Waals surface area contributed by atoms with Crippen LogP contribution in [0.4, 0.5) is 9.80 Å². The maximum absolute atomic E-state index is 13.7. The Hall–Kier alpha value is -2.14. The number of anilines is 1. The molecule has 2 aliphatic rings. The number of hydrogen-bond acceptors (Lipinski definition) is 6. The zero-order chi connectivity index (χ0) is 21.6. The van der Waals surface area contributed by atoms with E-state index in [-0.39, 0.29) is 4.90 Å². The SMILES string of the molecule is O=C1NC(c2ccc(S(=O)(=O)N(CCC3CC3)c3sc4ccccc4c3Br)cc2)NO1. The van der Waals surface area contributed by atoms with Gasteiger partial charge in [0.2, 0.25) is 0 Å². The van der Waals surface area contributed by atoms with Crippen molar-refractivity contribution in [2.75, 3.05) is 10.8 Å². The first-order valence-corrected chi connectivity index (χ1v) is 13.0. The van der Waals surface area contributed by atoms with E-state index >= 15 is 0 Å².